The number of benzene rings is 2. The van der Waals surface area contributed by atoms with Crippen molar-refractivity contribution >= 4 is 11.6 Å². The van der Waals surface area contributed by atoms with Crippen LogP contribution in [0.5, 0.6) is 11.5 Å². The molecule has 0 heterocycles. The third-order valence-electron chi connectivity index (χ3n) is 3.63. The van der Waals surface area contributed by atoms with Gasteiger partial charge in [0, 0.05) is 23.7 Å². The van der Waals surface area contributed by atoms with Gasteiger partial charge in [-0.15, -0.1) is 0 Å². The van der Waals surface area contributed by atoms with E-state index >= 15 is 0 Å². The van der Waals surface area contributed by atoms with Crippen LogP contribution in [0.1, 0.15) is 24.0 Å². The molecule has 2 aromatic rings. The lowest BCUT2D eigenvalue weighted by molar-refractivity contribution is 0.279. The Morgan fingerprint density at radius 2 is 1.96 bits per heavy atom. The van der Waals surface area contributed by atoms with Gasteiger partial charge in [-0.3, -0.25) is 0 Å². The van der Waals surface area contributed by atoms with E-state index in [9.17, 15) is 0 Å². The second-order valence-electron chi connectivity index (χ2n) is 5.47. The Kier molecular flexibility index (Phi) is 7.89. The summed E-state index contributed by atoms with van der Waals surface area (Å²) in [5, 5.41) is 12.9. The van der Waals surface area contributed by atoms with Crippen LogP contribution in [0.2, 0.25) is 5.02 Å². The largest absolute Gasteiger partial charge is 0.493 e. The second kappa shape index (κ2) is 10.2. The van der Waals surface area contributed by atoms with E-state index in [-0.39, 0.29) is 6.61 Å². The van der Waals surface area contributed by atoms with Gasteiger partial charge < -0.3 is 19.9 Å². The van der Waals surface area contributed by atoms with Crippen molar-refractivity contribution in [2.45, 2.75) is 26.0 Å². The van der Waals surface area contributed by atoms with Crippen molar-refractivity contribution < 1.29 is 14.6 Å². The number of aliphatic hydroxyl groups is 1. The molecule has 0 aliphatic heterocycles. The maximum absolute atomic E-state index is 8.82. The number of ether oxygens (including phenoxy) is 2. The van der Waals surface area contributed by atoms with E-state index in [1.165, 1.54) is 0 Å². The minimum Gasteiger partial charge on any atom is -0.493 e. The molecule has 0 atom stereocenters. The summed E-state index contributed by atoms with van der Waals surface area (Å²) in [7, 11) is 1.64. The van der Waals surface area contributed by atoms with E-state index in [1.54, 1.807) is 7.11 Å². The average molecular weight is 350 g/mol. The molecular formula is C19H24ClNO3. The quantitative estimate of drug-likeness (QED) is 0.641. The molecule has 130 valence electrons. The highest BCUT2D eigenvalue weighted by Crippen LogP contribution is 2.32. The number of para-hydroxylation sites is 1. The number of halogens is 1. The van der Waals surface area contributed by atoms with Crippen molar-refractivity contribution in [3.8, 4) is 11.5 Å². The van der Waals surface area contributed by atoms with Crippen molar-refractivity contribution in [2.75, 3.05) is 20.3 Å². The smallest absolute Gasteiger partial charge is 0.166 e. The average Bonchev–Trinajstić information content (AvgIpc) is 2.60. The van der Waals surface area contributed by atoms with E-state index in [0.717, 1.165) is 36.3 Å². The molecule has 0 amide bonds. The van der Waals surface area contributed by atoms with Gasteiger partial charge in [-0.05, 0) is 43.1 Å². The molecule has 0 spiro atoms. The fourth-order valence-electron chi connectivity index (χ4n) is 2.39. The third kappa shape index (κ3) is 5.71. The van der Waals surface area contributed by atoms with Crippen LogP contribution >= 0.6 is 11.6 Å². The van der Waals surface area contributed by atoms with Gasteiger partial charge in [0.15, 0.2) is 11.5 Å². The van der Waals surface area contributed by atoms with Crippen LogP contribution < -0.4 is 14.8 Å². The fourth-order valence-corrected chi connectivity index (χ4v) is 2.61. The number of nitrogens with one attached hydrogen (secondary N) is 1. The van der Waals surface area contributed by atoms with Crippen LogP contribution in [-0.4, -0.2) is 25.4 Å². The number of unbranched alkanes of at least 4 members (excludes halogenated alkanes) is 1. The van der Waals surface area contributed by atoms with E-state index in [4.69, 9.17) is 26.2 Å². The number of hydrogen-bond acceptors (Lipinski definition) is 4. The molecule has 0 saturated heterocycles. The van der Waals surface area contributed by atoms with Crippen LogP contribution in [0.15, 0.2) is 42.5 Å². The standard InChI is InChI=1S/C19H24ClNO3/c1-23-18-9-5-7-16(13-21-10-2-3-11-22)19(18)24-14-15-6-4-8-17(20)12-15/h4-9,12,21-22H,2-3,10-11,13-14H2,1H3. The maximum atomic E-state index is 8.82. The van der Waals surface area contributed by atoms with Gasteiger partial charge in [-0.2, -0.15) is 0 Å². The summed E-state index contributed by atoms with van der Waals surface area (Å²) in [6, 6.07) is 13.5. The van der Waals surface area contributed by atoms with Gasteiger partial charge in [0.25, 0.3) is 0 Å². The summed E-state index contributed by atoms with van der Waals surface area (Å²) in [6.45, 7) is 2.20. The molecule has 2 N–H and O–H groups in total. The van der Waals surface area contributed by atoms with Crippen molar-refractivity contribution in [3.05, 3.63) is 58.6 Å². The molecule has 2 rings (SSSR count). The highest BCUT2D eigenvalue weighted by molar-refractivity contribution is 6.30. The second-order valence-corrected chi connectivity index (χ2v) is 5.91. The van der Waals surface area contributed by atoms with Crippen molar-refractivity contribution in [2.24, 2.45) is 0 Å². The minimum atomic E-state index is 0.231. The van der Waals surface area contributed by atoms with E-state index < -0.39 is 0 Å². The Balaban J connectivity index is 2.02. The van der Waals surface area contributed by atoms with Crippen LogP contribution in [0, 0.1) is 0 Å². The molecule has 24 heavy (non-hydrogen) atoms. The third-order valence-corrected chi connectivity index (χ3v) is 3.86. The van der Waals surface area contributed by atoms with Crippen LogP contribution in [-0.2, 0) is 13.2 Å². The van der Waals surface area contributed by atoms with Crippen molar-refractivity contribution in [3.63, 3.8) is 0 Å². The molecule has 0 aliphatic carbocycles. The predicted molar refractivity (Wildman–Crippen MR) is 96.8 cm³/mol. The first-order valence-electron chi connectivity index (χ1n) is 8.09. The Morgan fingerprint density at radius 3 is 2.71 bits per heavy atom. The Hall–Kier alpha value is -1.75. The molecule has 0 aromatic heterocycles. The first kappa shape index (κ1) is 18.6. The van der Waals surface area contributed by atoms with Crippen LogP contribution in [0.25, 0.3) is 0 Å². The molecule has 0 bridgehead atoms. The highest BCUT2D eigenvalue weighted by Gasteiger charge is 2.11. The summed E-state index contributed by atoms with van der Waals surface area (Å²) >= 11 is 6.02. The predicted octanol–water partition coefficient (Wildman–Crippen LogP) is 3.79. The molecule has 0 fully saturated rings. The first-order valence-corrected chi connectivity index (χ1v) is 8.47. The lowest BCUT2D eigenvalue weighted by Crippen LogP contribution is -2.16. The van der Waals surface area contributed by atoms with E-state index in [2.05, 4.69) is 5.32 Å². The zero-order valence-corrected chi connectivity index (χ0v) is 14.7. The van der Waals surface area contributed by atoms with Crippen molar-refractivity contribution in [1.82, 2.24) is 5.32 Å². The molecule has 4 nitrogen and oxygen atoms in total. The summed E-state index contributed by atoms with van der Waals surface area (Å²) in [6.07, 6.45) is 1.75. The van der Waals surface area contributed by atoms with E-state index in [1.807, 2.05) is 42.5 Å². The number of rotatable bonds is 10. The summed E-state index contributed by atoms with van der Waals surface area (Å²) in [5.41, 5.74) is 2.05. The van der Waals surface area contributed by atoms with Gasteiger partial charge in [0.05, 0.1) is 7.11 Å². The molecular weight excluding hydrogens is 326 g/mol. The Morgan fingerprint density at radius 1 is 1.12 bits per heavy atom. The fraction of sp³-hybridized carbons (Fsp3) is 0.368. The number of aliphatic hydroxyl groups excluding tert-OH is 1. The molecule has 5 heteroatoms. The first-order chi connectivity index (χ1) is 11.7. The summed E-state index contributed by atoms with van der Waals surface area (Å²) in [5.74, 6) is 1.46. The molecule has 2 aromatic carbocycles. The number of hydrogen-bond donors (Lipinski definition) is 2. The minimum absolute atomic E-state index is 0.231. The molecule has 0 aliphatic rings. The lowest BCUT2D eigenvalue weighted by Gasteiger charge is -2.16. The van der Waals surface area contributed by atoms with Gasteiger partial charge >= 0.3 is 0 Å². The van der Waals surface area contributed by atoms with Crippen molar-refractivity contribution in [1.29, 1.82) is 0 Å². The van der Waals surface area contributed by atoms with Gasteiger partial charge in [-0.25, -0.2) is 0 Å². The Labute approximate surface area is 148 Å². The Bertz CT molecular complexity index is 634. The van der Waals surface area contributed by atoms with E-state index in [0.29, 0.717) is 23.9 Å². The van der Waals surface area contributed by atoms with Crippen LogP contribution in [0.4, 0.5) is 0 Å². The van der Waals surface area contributed by atoms with Gasteiger partial charge in [-0.1, -0.05) is 35.9 Å². The monoisotopic (exact) mass is 349 g/mol. The highest BCUT2D eigenvalue weighted by atomic mass is 35.5. The topological polar surface area (TPSA) is 50.7 Å². The van der Waals surface area contributed by atoms with Gasteiger partial charge in [0.1, 0.15) is 6.61 Å². The SMILES string of the molecule is COc1cccc(CNCCCCO)c1OCc1cccc(Cl)c1. The van der Waals surface area contributed by atoms with Gasteiger partial charge in [0.2, 0.25) is 0 Å². The zero-order valence-electron chi connectivity index (χ0n) is 13.9. The lowest BCUT2D eigenvalue weighted by atomic mass is 10.1. The normalized spacial score (nSPS) is 10.6. The summed E-state index contributed by atoms with van der Waals surface area (Å²) in [4.78, 5) is 0. The van der Waals surface area contributed by atoms with Crippen LogP contribution in [0.3, 0.4) is 0 Å². The number of methoxy groups -OCH3 is 1. The molecule has 0 radical (unpaired) electrons. The summed E-state index contributed by atoms with van der Waals surface area (Å²) < 4.78 is 11.4. The maximum Gasteiger partial charge on any atom is 0.166 e. The molecule has 0 saturated carbocycles. The zero-order chi connectivity index (χ0) is 17.2. The molecule has 0 unspecified atom stereocenters.